The number of nitrogens with two attached hydrogens (primary N) is 1. The van der Waals surface area contributed by atoms with Gasteiger partial charge in [0.1, 0.15) is 5.56 Å². The van der Waals surface area contributed by atoms with Gasteiger partial charge in [0, 0.05) is 12.5 Å². The van der Waals surface area contributed by atoms with E-state index in [0.717, 1.165) is 0 Å². The first-order chi connectivity index (χ1) is 7.52. The van der Waals surface area contributed by atoms with E-state index in [4.69, 9.17) is 10.5 Å². The van der Waals surface area contributed by atoms with Gasteiger partial charge in [-0.05, 0) is 22.5 Å². The highest BCUT2D eigenvalue weighted by molar-refractivity contribution is 9.10. The first-order valence-electron chi connectivity index (χ1n) is 4.51. The van der Waals surface area contributed by atoms with E-state index >= 15 is 0 Å². The molecule has 0 saturated heterocycles. The molecule has 0 aromatic heterocycles. The first-order valence-corrected chi connectivity index (χ1v) is 5.30. The van der Waals surface area contributed by atoms with E-state index in [2.05, 4.69) is 15.9 Å². The number of carbonyl (C=O) groups is 1. The molecule has 0 saturated carbocycles. The Kier molecular flexibility index (Phi) is 4.26. The minimum atomic E-state index is -0.809. The van der Waals surface area contributed by atoms with Crippen LogP contribution in [-0.4, -0.2) is 24.5 Å². The highest BCUT2D eigenvalue weighted by Gasteiger charge is 2.22. The number of hydrogen-bond acceptors (Lipinski definition) is 4. The molecule has 3 N–H and O–H groups in total. The molecule has 0 fully saturated rings. The summed E-state index contributed by atoms with van der Waals surface area (Å²) in [7, 11) is 1.32. The lowest BCUT2D eigenvalue weighted by Gasteiger charge is -2.10. The van der Waals surface area contributed by atoms with Crippen molar-refractivity contribution in [3.63, 3.8) is 0 Å². The predicted molar refractivity (Wildman–Crippen MR) is 60.3 cm³/mol. The van der Waals surface area contributed by atoms with Gasteiger partial charge in [-0.3, -0.25) is 4.79 Å². The predicted octanol–water partition coefficient (Wildman–Crippen LogP) is 1.83. The number of Topliss-reactive ketones (excluding diaryl/α,β-unsaturated/α-hetero) is 1. The van der Waals surface area contributed by atoms with Crippen molar-refractivity contribution < 1.29 is 19.0 Å². The highest BCUT2D eigenvalue weighted by Crippen LogP contribution is 2.36. The molecule has 16 heavy (non-hydrogen) atoms. The summed E-state index contributed by atoms with van der Waals surface area (Å²) in [5.74, 6) is -1.83. The molecule has 1 rings (SSSR count). The minimum Gasteiger partial charge on any atom is -0.504 e. The summed E-state index contributed by atoms with van der Waals surface area (Å²) < 4.78 is 18.5. The van der Waals surface area contributed by atoms with Crippen LogP contribution in [0.4, 0.5) is 4.39 Å². The Bertz CT molecular complexity index is 423. The third-order valence-electron chi connectivity index (χ3n) is 2.03. The van der Waals surface area contributed by atoms with Crippen molar-refractivity contribution in [2.24, 2.45) is 5.73 Å². The summed E-state index contributed by atoms with van der Waals surface area (Å²) >= 11 is 2.94. The zero-order valence-electron chi connectivity index (χ0n) is 8.59. The van der Waals surface area contributed by atoms with E-state index in [9.17, 15) is 14.3 Å². The Labute approximate surface area is 100 Å². The van der Waals surface area contributed by atoms with Gasteiger partial charge >= 0.3 is 0 Å². The summed E-state index contributed by atoms with van der Waals surface area (Å²) in [6.45, 7) is 0.0898. The van der Waals surface area contributed by atoms with Crippen LogP contribution in [0.3, 0.4) is 0 Å². The summed E-state index contributed by atoms with van der Waals surface area (Å²) in [5, 5.41) is 9.64. The smallest absolute Gasteiger partial charge is 0.171 e. The van der Waals surface area contributed by atoms with Crippen molar-refractivity contribution in [2.45, 2.75) is 6.42 Å². The van der Waals surface area contributed by atoms with Crippen LogP contribution in [0.15, 0.2) is 10.5 Å². The molecule has 4 nitrogen and oxygen atoms in total. The van der Waals surface area contributed by atoms with Gasteiger partial charge in [0.15, 0.2) is 23.1 Å². The molecule has 6 heteroatoms. The van der Waals surface area contributed by atoms with Crippen LogP contribution in [0.1, 0.15) is 16.8 Å². The van der Waals surface area contributed by atoms with Crippen LogP contribution in [0.25, 0.3) is 0 Å². The van der Waals surface area contributed by atoms with Crippen molar-refractivity contribution in [3.8, 4) is 11.5 Å². The second kappa shape index (κ2) is 5.27. The molecule has 0 aliphatic rings. The zero-order valence-corrected chi connectivity index (χ0v) is 10.2. The van der Waals surface area contributed by atoms with Gasteiger partial charge in [-0.2, -0.15) is 0 Å². The number of benzene rings is 1. The Morgan fingerprint density at radius 2 is 2.31 bits per heavy atom. The number of ether oxygens (including phenoxy) is 1. The van der Waals surface area contributed by atoms with Crippen LogP contribution in [0.2, 0.25) is 0 Å². The Morgan fingerprint density at radius 3 is 2.81 bits per heavy atom. The molecule has 0 spiro atoms. The lowest BCUT2D eigenvalue weighted by Crippen LogP contribution is -2.10. The maximum absolute atomic E-state index is 13.6. The number of rotatable bonds is 4. The minimum absolute atomic E-state index is 0.0358. The first kappa shape index (κ1) is 12.9. The Morgan fingerprint density at radius 1 is 1.69 bits per heavy atom. The van der Waals surface area contributed by atoms with Gasteiger partial charge in [-0.25, -0.2) is 4.39 Å². The molecule has 1 aromatic rings. The maximum Gasteiger partial charge on any atom is 0.171 e. The van der Waals surface area contributed by atoms with E-state index in [1.165, 1.54) is 13.2 Å². The van der Waals surface area contributed by atoms with E-state index in [1.807, 2.05) is 0 Å². The molecule has 88 valence electrons. The van der Waals surface area contributed by atoms with Crippen molar-refractivity contribution in [1.29, 1.82) is 0 Å². The third kappa shape index (κ3) is 2.33. The Balaban J connectivity index is 3.35. The molecule has 0 amide bonds. The van der Waals surface area contributed by atoms with Crippen molar-refractivity contribution >= 4 is 21.7 Å². The quantitative estimate of drug-likeness (QED) is 0.830. The van der Waals surface area contributed by atoms with Crippen LogP contribution < -0.4 is 10.5 Å². The molecular weight excluding hydrogens is 281 g/mol. The number of aromatic hydroxyl groups is 1. The monoisotopic (exact) mass is 291 g/mol. The zero-order chi connectivity index (χ0) is 12.3. The second-order valence-corrected chi connectivity index (χ2v) is 3.91. The highest BCUT2D eigenvalue weighted by atomic mass is 79.9. The van der Waals surface area contributed by atoms with Crippen molar-refractivity contribution in [3.05, 3.63) is 21.9 Å². The number of methoxy groups -OCH3 is 1. The maximum atomic E-state index is 13.6. The molecule has 0 aliphatic heterocycles. The fraction of sp³-hybridized carbons (Fsp3) is 0.300. The Hall–Kier alpha value is -1.14. The lowest BCUT2D eigenvalue weighted by molar-refractivity contribution is 0.0978. The van der Waals surface area contributed by atoms with E-state index in [1.54, 1.807) is 0 Å². The molecule has 0 radical (unpaired) electrons. The fourth-order valence-corrected chi connectivity index (χ4v) is 1.67. The second-order valence-electron chi connectivity index (χ2n) is 3.06. The summed E-state index contributed by atoms with van der Waals surface area (Å²) in [4.78, 5) is 11.6. The van der Waals surface area contributed by atoms with Gasteiger partial charge in [0.05, 0.1) is 11.6 Å². The topological polar surface area (TPSA) is 72.5 Å². The third-order valence-corrected chi connectivity index (χ3v) is 2.60. The van der Waals surface area contributed by atoms with Gasteiger partial charge in [0.2, 0.25) is 0 Å². The number of ketones is 1. The number of carbonyl (C=O) groups excluding carboxylic acids is 1. The van der Waals surface area contributed by atoms with Gasteiger partial charge in [-0.1, -0.05) is 0 Å². The summed E-state index contributed by atoms with van der Waals surface area (Å²) in [5.41, 5.74) is 4.82. The van der Waals surface area contributed by atoms with Crippen LogP contribution in [0.5, 0.6) is 11.5 Å². The number of halogens is 2. The van der Waals surface area contributed by atoms with Crippen LogP contribution in [0, 0.1) is 5.82 Å². The number of phenolic OH excluding ortho intramolecular Hbond substituents is 1. The van der Waals surface area contributed by atoms with Gasteiger partial charge in [0.25, 0.3) is 0 Å². The van der Waals surface area contributed by atoms with Crippen molar-refractivity contribution in [1.82, 2.24) is 0 Å². The average molecular weight is 292 g/mol. The SMILES string of the molecule is COc1cc(Br)c(F)c(C(=O)CCN)c1O. The molecule has 0 aliphatic carbocycles. The van der Waals surface area contributed by atoms with E-state index in [-0.39, 0.29) is 23.2 Å². The van der Waals surface area contributed by atoms with Crippen LogP contribution in [-0.2, 0) is 0 Å². The normalized spacial score (nSPS) is 10.2. The summed E-state index contributed by atoms with van der Waals surface area (Å²) in [6, 6.07) is 1.25. The largest absolute Gasteiger partial charge is 0.504 e. The van der Waals surface area contributed by atoms with Crippen LogP contribution >= 0.6 is 15.9 Å². The fourth-order valence-electron chi connectivity index (χ4n) is 1.26. The van der Waals surface area contributed by atoms with Gasteiger partial charge in [-0.15, -0.1) is 0 Å². The lowest BCUT2D eigenvalue weighted by atomic mass is 10.1. The average Bonchev–Trinajstić information content (AvgIpc) is 2.24. The summed E-state index contributed by atoms with van der Waals surface area (Å²) in [6.07, 6.45) is -0.0376. The van der Waals surface area contributed by atoms with E-state index in [0.29, 0.717) is 0 Å². The molecule has 1 aromatic carbocycles. The van der Waals surface area contributed by atoms with E-state index < -0.39 is 22.9 Å². The van der Waals surface area contributed by atoms with Gasteiger partial charge < -0.3 is 15.6 Å². The number of hydrogen-bond donors (Lipinski definition) is 2. The number of phenols is 1. The molecule has 0 atom stereocenters. The molecular formula is C10H11BrFNO3. The molecule has 0 heterocycles. The van der Waals surface area contributed by atoms with Crippen molar-refractivity contribution in [2.75, 3.05) is 13.7 Å². The molecule has 0 unspecified atom stereocenters. The molecule has 0 bridgehead atoms. The standard InChI is InChI=1S/C10H11BrFNO3/c1-16-7-4-5(11)9(12)8(10(7)15)6(14)2-3-13/h4,15H,2-3,13H2,1H3.